The molecule has 1 heterocycles. The number of esters is 1. The van der Waals surface area contributed by atoms with E-state index in [0.717, 1.165) is 49.2 Å². The van der Waals surface area contributed by atoms with Crippen molar-refractivity contribution >= 4 is 35.2 Å². The summed E-state index contributed by atoms with van der Waals surface area (Å²) in [6.07, 6.45) is 7.33. The van der Waals surface area contributed by atoms with E-state index in [1.54, 1.807) is 13.0 Å². The number of carbonyl (C=O) groups excluding carboxylic acids is 1. The fourth-order valence-corrected chi connectivity index (χ4v) is 4.61. The number of aryl methyl sites for hydroxylation is 2. The van der Waals surface area contributed by atoms with Crippen LogP contribution in [0.1, 0.15) is 67.7 Å². The molecule has 35 heavy (non-hydrogen) atoms. The normalized spacial score (nSPS) is 15.5. The zero-order valence-corrected chi connectivity index (χ0v) is 22.9. The van der Waals surface area contributed by atoms with Gasteiger partial charge in [0.25, 0.3) is 0 Å². The van der Waals surface area contributed by atoms with E-state index in [2.05, 4.69) is 36.9 Å². The van der Waals surface area contributed by atoms with Gasteiger partial charge in [0, 0.05) is 12.6 Å². The molecule has 2 atom stereocenters. The summed E-state index contributed by atoms with van der Waals surface area (Å²) in [5.74, 6) is 0.0142. The minimum absolute atomic E-state index is 0.265. The van der Waals surface area contributed by atoms with Crippen LogP contribution in [0.15, 0.2) is 42.5 Å². The summed E-state index contributed by atoms with van der Waals surface area (Å²) < 4.78 is 4.98. The van der Waals surface area contributed by atoms with Gasteiger partial charge in [0.15, 0.2) is 0 Å². The van der Waals surface area contributed by atoms with E-state index in [0.29, 0.717) is 22.6 Å². The Morgan fingerprint density at radius 3 is 2.46 bits per heavy atom. The second-order valence-corrected chi connectivity index (χ2v) is 10.0. The maximum atomic E-state index is 11.6. The molecule has 1 aliphatic heterocycles. The van der Waals surface area contributed by atoms with Gasteiger partial charge >= 0.3 is 5.97 Å². The van der Waals surface area contributed by atoms with Crippen molar-refractivity contribution in [1.82, 2.24) is 4.90 Å². The first kappa shape index (κ1) is 29.4. The monoisotopic (exact) mass is 519 g/mol. The fourth-order valence-electron chi connectivity index (χ4n) is 4.26. The average molecular weight is 521 g/mol. The second kappa shape index (κ2) is 15.3. The maximum absolute atomic E-state index is 11.6. The topological polar surface area (TPSA) is 49.8 Å². The fraction of sp³-hybridized carbons (Fsp3) is 0.483. The van der Waals surface area contributed by atoms with Gasteiger partial charge in [-0.2, -0.15) is 0 Å². The Hall–Kier alpha value is -1.85. The predicted octanol–water partition coefficient (Wildman–Crippen LogP) is 7.21. The number of hydrogen-bond donors (Lipinski definition) is 1. The number of rotatable bonds is 9. The molecule has 6 heteroatoms. The number of hydrogen-bond acceptors (Lipinski definition) is 4. The van der Waals surface area contributed by atoms with Crippen molar-refractivity contribution in [3.05, 3.63) is 74.8 Å². The zero-order chi connectivity index (χ0) is 25.8. The van der Waals surface area contributed by atoms with Crippen LogP contribution in [0.3, 0.4) is 0 Å². The molecule has 192 valence electrons. The van der Waals surface area contributed by atoms with Gasteiger partial charge in [0.05, 0.1) is 22.8 Å². The van der Waals surface area contributed by atoms with Crippen LogP contribution in [0.25, 0.3) is 6.08 Å². The first-order valence-electron chi connectivity index (χ1n) is 12.5. The molecule has 0 saturated carbocycles. The third-order valence-corrected chi connectivity index (χ3v) is 6.98. The number of likely N-dealkylation sites (tertiary alicyclic amines) is 1. The Bertz CT molecular complexity index is 970. The van der Waals surface area contributed by atoms with Crippen molar-refractivity contribution in [2.24, 2.45) is 0 Å². The molecule has 2 aromatic carbocycles. The molecule has 0 radical (unpaired) electrons. The molecule has 2 unspecified atom stereocenters. The molecule has 0 aromatic heterocycles. The largest absolute Gasteiger partial charge is 0.463 e. The molecule has 1 saturated heterocycles. The van der Waals surface area contributed by atoms with E-state index in [-0.39, 0.29) is 12.1 Å². The Kier molecular flexibility index (Phi) is 12.8. The summed E-state index contributed by atoms with van der Waals surface area (Å²) in [7, 11) is 0. The molecule has 1 N–H and O–H groups in total. The number of aliphatic hydroxyl groups is 1. The number of benzene rings is 2. The van der Waals surface area contributed by atoms with E-state index in [9.17, 15) is 9.90 Å². The van der Waals surface area contributed by atoms with Crippen LogP contribution >= 0.6 is 23.2 Å². The Labute approximate surface area is 220 Å². The minimum Gasteiger partial charge on any atom is -0.463 e. The maximum Gasteiger partial charge on any atom is 0.330 e. The van der Waals surface area contributed by atoms with Crippen molar-refractivity contribution in [2.75, 3.05) is 26.2 Å². The predicted molar refractivity (Wildman–Crippen MR) is 147 cm³/mol. The second-order valence-electron chi connectivity index (χ2n) is 9.22. The Morgan fingerprint density at radius 2 is 1.83 bits per heavy atom. The van der Waals surface area contributed by atoms with Crippen LogP contribution in [-0.2, 0) is 9.53 Å². The van der Waals surface area contributed by atoms with E-state index < -0.39 is 0 Å². The van der Waals surface area contributed by atoms with E-state index in [1.807, 2.05) is 25.1 Å². The van der Waals surface area contributed by atoms with Crippen LogP contribution in [0.5, 0.6) is 0 Å². The van der Waals surface area contributed by atoms with Crippen LogP contribution in [-0.4, -0.2) is 48.3 Å². The van der Waals surface area contributed by atoms with Crippen LogP contribution < -0.4 is 0 Å². The lowest BCUT2D eigenvalue weighted by Gasteiger charge is -2.22. The number of ether oxygens (including phenoxy) is 1. The van der Waals surface area contributed by atoms with Gasteiger partial charge in [-0.05, 0) is 106 Å². The molecular formula is C29H39Cl2NO3. The highest BCUT2D eigenvalue weighted by Crippen LogP contribution is 2.28. The molecule has 0 aliphatic carbocycles. The highest BCUT2D eigenvalue weighted by Gasteiger charge is 2.18. The van der Waals surface area contributed by atoms with Gasteiger partial charge in [-0.25, -0.2) is 4.79 Å². The standard InChI is InChI=1S/C22H33NO3.C7H6Cl2/c1-4-26-22(25)13-12-21-17(2)8-7-9-20(21)18(3)10-11-19(24)16-23-14-5-6-15-23;1-5-2-3-6(8)7(9)4-5/h7-9,12-13,18-19,24H,4-6,10-11,14-16H2,1-3H3;2-4H,1H3/b13-12+;. The molecule has 0 spiro atoms. The molecule has 1 fully saturated rings. The lowest BCUT2D eigenvalue weighted by Crippen LogP contribution is -2.30. The Morgan fingerprint density at radius 1 is 1.11 bits per heavy atom. The zero-order valence-electron chi connectivity index (χ0n) is 21.4. The van der Waals surface area contributed by atoms with Gasteiger partial charge in [0.2, 0.25) is 0 Å². The van der Waals surface area contributed by atoms with Crippen LogP contribution in [0.2, 0.25) is 10.0 Å². The Balaban J connectivity index is 0.000000402. The molecule has 0 bridgehead atoms. The van der Waals surface area contributed by atoms with E-state index >= 15 is 0 Å². The molecule has 4 nitrogen and oxygen atoms in total. The van der Waals surface area contributed by atoms with Crippen molar-refractivity contribution < 1.29 is 14.6 Å². The van der Waals surface area contributed by atoms with Crippen molar-refractivity contribution in [3.63, 3.8) is 0 Å². The lowest BCUT2D eigenvalue weighted by atomic mass is 9.88. The highest BCUT2D eigenvalue weighted by atomic mass is 35.5. The van der Waals surface area contributed by atoms with E-state index in [4.69, 9.17) is 27.9 Å². The van der Waals surface area contributed by atoms with Gasteiger partial charge in [-0.15, -0.1) is 0 Å². The molecule has 3 rings (SSSR count). The van der Waals surface area contributed by atoms with Crippen molar-refractivity contribution in [2.45, 2.75) is 65.4 Å². The number of aliphatic hydroxyl groups excluding tert-OH is 1. The van der Waals surface area contributed by atoms with E-state index in [1.165, 1.54) is 24.5 Å². The first-order chi connectivity index (χ1) is 16.7. The summed E-state index contributed by atoms with van der Waals surface area (Å²) in [6, 6.07) is 11.8. The molecule has 0 amide bonds. The van der Waals surface area contributed by atoms with Crippen molar-refractivity contribution in [1.29, 1.82) is 0 Å². The smallest absolute Gasteiger partial charge is 0.330 e. The summed E-state index contributed by atoms with van der Waals surface area (Å²) >= 11 is 11.3. The first-order valence-corrected chi connectivity index (χ1v) is 13.2. The SMILES string of the molecule is CCOC(=O)/C=C/c1c(C)cccc1C(C)CCC(O)CN1CCCC1.Cc1ccc(Cl)c(Cl)c1. The quantitative estimate of drug-likeness (QED) is 0.280. The molecule has 2 aromatic rings. The van der Waals surface area contributed by atoms with Gasteiger partial charge < -0.3 is 14.7 Å². The van der Waals surface area contributed by atoms with Crippen molar-refractivity contribution in [3.8, 4) is 0 Å². The highest BCUT2D eigenvalue weighted by molar-refractivity contribution is 6.42. The minimum atomic E-state index is -0.310. The number of halogens is 2. The summed E-state index contributed by atoms with van der Waals surface area (Å²) in [5.41, 5.74) is 4.58. The third kappa shape index (κ3) is 10.3. The van der Waals surface area contributed by atoms with Gasteiger partial charge in [0.1, 0.15) is 0 Å². The molecular weight excluding hydrogens is 481 g/mol. The summed E-state index contributed by atoms with van der Waals surface area (Å²) in [6.45, 7) is 11.4. The molecule has 1 aliphatic rings. The average Bonchev–Trinajstić information content (AvgIpc) is 3.33. The number of β-amino-alcohol motifs (C(OH)–C–C–N with tert-alkyl or cyclic N) is 1. The summed E-state index contributed by atoms with van der Waals surface area (Å²) in [5, 5.41) is 11.6. The van der Waals surface area contributed by atoms with Crippen LogP contribution in [0.4, 0.5) is 0 Å². The lowest BCUT2D eigenvalue weighted by molar-refractivity contribution is -0.137. The number of nitrogens with zero attached hydrogens (tertiary/aromatic N) is 1. The summed E-state index contributed by atoms with van der Waals surface area (Å²) in [4.78, 5) is 14.0. The van der Waals surface area contributed by atoms with Crippen LogP contribution in [0, 0.1) is 13.8 Å². The third-order valence-electron chi connectivity index (χ3n) is 6.24. The van der Waals surface area contributed by atoms with Gasteiger partial charge in [-0.1, -0.05) is 54.4 Å². The van der Waals surface area contributed by atoms with Gasteiger partial charge in [-0.3, -0.25) is 0 Å². The number of carbonyl (C=O) groups is 1.